The first-order valence-corrected chi connectivity index (χ1v) is 11.8. The van der Waals surface area contributed by atoms with Gasteiger partial charge in [-0.15, -0.1) is 0 Å². The molecular formula is C21H34N2O4S. The third-order valence-electron chi connectivity index (χ3n) is 5.56. The third kappa shape index (κ3) is 5.95. The highest BCUT2D eigenvalue weighted by Gasteiger charge is 2.33. The van der Waals surface area contributed by atoms with Gasteiger partial charge in [0.2, 0.25) is 15.9 Å². The van der Waals surface area contributed by atoms with Crippen molar-refractivity contribution in [2.24, 2.45) is 11.8 Å². The number of hydrogen-bond acceptors (Lipinski definition) is 4. The minimum atomic E-state index is -3.60. The summed E-state index contributed by atoms with van der Waals surface area (Å²) >= 11 is 0. The molecule has 0 bridgehead atoms. The number of rotatable bonds is 10. The normalized spacial score (nSPS) is 19.2. The molecule has 0 spiro atoms. The van der Waals surface area contributed by atoms with E-state index in [2.05, 4.69) is 19.2 Å². The number of unbranched alkanes of at least 4 members (excludes halogenated alkanes) is 1. The number of carbonyl (C=O) groups excluding carboxylic acids is 1. The van der Waals surface area contributed by atoms with E-state index in [1.807, 2.05) is 0 Å². The van der Waals surface area contributed by atoms with E-state index in [1.165, 1.54) is 10.7 Å². The fourth-order valence-electron chi connectivity index (χ4n) is 3.60. The largest absolute Gasteiger partial charge is 0.497 e. The minimum absolute atomic E-state index is 0.0235. The standard InChI is InChI=1S/C21H34N2O4S/c1-4-6-8-17(5-2)15-22-21(24)18-9-7-14-23(16-18)28(25,26)20-12-10-19(27-3)11-13-20/h10-13,17-18H,4-9,14-16H2,1-3H3,(H,22,24)/t17-,18+/m0/s1. The quantitative estimate of drug-likeness (QED) is 0.641. The van der Waals surface area contributed by atoms with Crippen LogP contribution in [0.25, 0.3) is 0 Å². The molecule has 0 radical (unpaired) electrons. The summed E-state index contributed by atoms with van der Waals surface area (Å²) in [4.78, 5) is 12.9. The second kappa shape index (κ2) is 10.8. The fourth-order valence-corrected chi connectivity index (χ4v) is 5.13. The number of benzene rings is 1. The van der Waals surface area contributed by atoms with Gasteiger partial charge in [0.15, 0.2) is 0 Å². The number of amides is 1. The van der Waals surface area contributed by atoms with Crippen LogP contribution in [0.4, 0.5) is 0 Å². The molecule has 6 nitrogen and oxygen atoms in total. The Morgan fingerprint density at radius 1 is 1.29 bits per heavy atom. The first kappa shape index (κ1) is 22.7. The number of piperidine rings is 1. The molecule has 2 rings (SSSR count). The summed E-state index contributed by atoms with van der Waals surface area (Å²) < 4.78 is 32.4. The average Bonchev–Trinajstić information content (AvgIpc) is 2.73. The van der Waals surface area contributed by atoms with E-state index in [1.54, 1.807) is 31.4 Å². The van der Waals surface area contributed by atoms with Crippen molar-refractivity contribution in [3.63, 3.8) is 0 Å². The van der Waals surface area contributed by atoms with Gasteiger partial charge in [0.25, 0.3) is 0 Å². The number of methoxy groups -OCH3 is 1. The van der Waals surface area contributed by atoms with E-state index in [-0.39, 0.29) is 23.3 Å². The SMILES string of the molecule is CCCC[C@H](CC)CNC(=O)[C@@H]1CCCN(S(=O)(=O)c2ccc(OC)cc2)C1. The summed E-state index contributed by atoms with van der Waals surface area (Å²) in [6.45, 7) is 5.69. The zero-order valence-electron chi connectivity index (χ0n) is 17.3. The smallest absolute Gasteiger partial charge is 0.243 e. The lowest BCUT2D eigenvalue weighted by Gasteiger charge is -2.31. The molecule has 1 aliphatic rings. The highest BCUT2D eigenvalue weighted by atomic mass is 32.2. The van der Waals surface area contributed by atoms with Crippen LogP contribution in [0.2, 0.25) is 0 Å². The lowest BCUT2D eigenvalue weighted by Crippen LogP contribution is -2.46. The summed E-state index contributed by atoms with van der Waals surface area (Å²) in [5, 5.41) is 3.06. The van der Waals surface area contributed by atoms with E-state index in [9.17, 15) is 13.2 Å². The van der Waals surface area contributed by atoms with E-state index in [0.717, 1.165) is 25.7 Å². The highest BCUT2D eigenvalue weighted by molar-refractivity contribution is 7.89. The lowest BCUT2D eigenvalue weighted by molar-refractivity contribution is -0.126. The fraction of sp³-hybridized carbons (Fsp3) is 0.667. The maximum absolute atomic E-state index is 12.9. The molecule has 0 saturated carbocycles. The second-order valence-corrected chi connectivity index (χ2v) is 9.48. The number of ether oxygens (including phenoxy) is 1. The van der Waals surface area contributed by atoms with Gasteiger partial charge in [0.05, 0.1) is 17.9 Å². The summed E-state index contributed by atoms with van der Waals surface area (Å²) in [7, 11) is -2.06. The van der Waals surface area contributed by atoms with Gasteiger partial charge in [-0.05, 0) is 49.4 Å². The maximum Gasteiger partial charge on any atom is 0.243 e. The Hall–Kier alpha value is -1.60. The van der Waals surface area contributed by atoms with Gasteiger partial charge in [0.1, 0.15) is 5.75 Å². The molecule has 1 aliphatic heterocycles. The van der Waals surface area contributed by atoms with Crippen molar-refractivity contribution in [2.45, 2.75) is 57.3 Å². The topological polar surface area (TPSA) is 75.7 Å². The van der Waals surface area contributed by atoms with Crippen molar-refractivity contribution >= 4 is 15.9 Å². The van der Waals surface area contributed by atoms with Crippen LogP contribution in [0.15, 0.2) is 29.2 Å². The van der Waals surface area contributed by atoms with Crippen LogP contribution in [0, 0.1) is 11.8 Å². The molecule has 28 heavy (non-hydrogen) atoms. The Morgan fingerprint density at radius 2 is 2.00 bits per heavy atom. The van der Waals surface area contributed by atoms with Gasteiger partial charge < -0.3 is 10.1 Å². The van der Waals surface area contributed by atoms with Gasteiger partial charge in [-0.25, -0.2) is 8.42 Å². The first-order valence-electron chi connectivity index (χ1n) is 10.3. The molecule has 2 atom stereocenters. The highest BCUT2D eigenvalue weighted by Crippen LogP contribution is 2.25. The zero-order chi connectivity index (χ0) is 20.6. The number of hydrogen-bond donors (Lipinski definition) is 1. The monoisotopic (exact) mass is 410 g/mol. The summed E-state index contributed by atoms with van der Waals surface area (Å²) in [5.74, 6) is 0.796. The van der Waals surface area contributed by atoms with Crippen LogP contribution in [0.3, 0.4) is 0 Å². The Kier molecular flexibility index (Phi) is 8.76. The van der Waals surface area contributed by atoms with Crippen LogP contribution < -0.4 is 10.1 Å². The molecule has 0 unspecified atom stereocenters. The van der Waals surface area contributed by atoms with Gasteiger partial charge in [-0.1, -0.05) is 33.1 Å². The molecule has 0 aromatic heterocycles. The van der Waals surface area contributed by atoms with Gasteiger partial charge in [-0.2, -0.15) is 4.31 Å². The molecule has 1 N–H and O–H groups in total. The summed E-state index contributed by atoms with van der Waals surface area (Å²) in [6.07, 6.45) is 5.92. The Morgan fingerprint density at radius 3 is 2.61 bits per heavy atom. The predicted octanol–water partition coefficient (Wildman–Crippen LogP) is 3.43. The van der Waals surface area contributed by atoms with Crippen LogP contribution >= 0.6 is 0 Å². The van der Waals surface area contributed by atoms with Crippen LogP contribution in [0.1, 0.15) is 52.4 Å². The Labute approximate surface area is 169 Å². The molecule has 1 heterocycles. The first-order chi connectivity index (χ1) is 13.4. The molecular weight excluding hydrogens is 376 g/mol. The maximum atomic E-state index is 12.9. The Balaban J connectivity index is 1.97. The van der Waals surface area contributed by atoms with Crippen molar-refractivity contribution in [1.82, 2.24) is 9.62 Å². The summed E-state index contributed by atoms with van der Waals surface area (Å²) in [5.41, 5.74) is 0. The molecule has 1 aromatic rings. The Bertz CT molecular complexity index is 718. The van der Waals surface area contributed by atoms with Gasteiger partial charge in [0, 0.05) is 19.6 Å². The van der Waals surface area contributed by atoms with Crippen LogP contribution in [0.5, 0.6) is 5.75 Å². The predicted molar refractivity (Wildman–Crippen MR) is 111 cm³/mol. The molecule has 1 fully saturated rings. The minimum Gasteiger partial charge on any atom is -0.497 e. The van der Waals surface area contributed by atoms with Crippen molar-refractivity contribution in [2.75, 3.05) is 26.7 Å². The van der Waals surface area contributed by atoms with E-state index in [0.29, 0.717) is 31.2 Å². The molecule has 1 aromatic carbocycles. The van der Waals surface area contributed by atoms with Crippen LogP contribution in [-0.4, -0.2) is 45.4 Å². The second-order valence-electron chi connectivity index (χ2n) is 7.54. The number of nitrogens with one attached hydrogen (secondary N) is 1. The average molecular weight is 411 g/mol. The van der Waals surface area contributed by atoms with Crippen molar-refractivity contribution in [3.8, 4) is 5.75 Å². The molecule has 158 valence electrons. The third-order valence-corrected chi connectivity index (χ3v) is 7.44. The molecule has 1 amide bonds. The van der Waals surface area contributed by atoms with E-state index >= 15 is 0 Å². The van der Waals surface area contributed by atoms with Gasteiger partial charge in [-0.3, -0.25) is 4.79 Å². The number of sulfonamides is 1. The van der Waals surface area contributed by atoms with Crippen molar-refractivity contribution in [1.29, 1.82) is 0 Å². The number of carbonyl (C=O) groups is 1. The van der Waals surface area contributed by atoms with E-state index in [4.69, 9.17) is 4.74 Å². The van der Waals surface area contributed by atoms with Gasteiger partial charge >= 0.3 is 0 Å². The molecule has 0 aliphatic carbocycles. The van der Waals surface area contributed by atoms with Crippen molar-refractivity contribution < 1.29 is 17.9 Å². The lowest BCUT2D eigenvalue weighted by atomic mass is 9.96. The number of nitrogens with zero attached hydrogens (tertiary/aromatic N) is 1. The molecule has 1 saturated heterocycles. The zero-order valence-corrected chi connectivity index (χ0v) is 18.1. The van der Waals surface area contributed by atoms with Crippen LogP contribution in [-0.2, 0) is 14.8 Å². The summed E-state index contributed by atoms with van der Waals surface area (Å²) in [6, 6.07) is 6.39. The van der Waals surface area contributed by atoms with E-state index < -0.39 is 10.0 Å². The molecule has 7 heteroatoms. The van der Waals surface area contributed by atoms with Crippen molar-refractivity contribution in [3.05, 3.63) is 24.3 Å².